The highest BCUT2D eigenvalue weighted by Gasteiger charge is 2.52. The minimum absolute atomic E-state index is 0.0412. The lowest BCUT2D eigenvalue weighted by molar-refractivity contribution is -0.128. The third-order valence-corrected chi connectivity index (χ3v) is 2.97. The molecule has 5 nitrogen and oxygen atoms in total. The van der Waals surface area contributed by atoms with Crippen LogP contribution in [0, 0.1) is 5.41 Å². The molecule has 0 heterocycles. The fraction of sp³-hybridized carbons (Fsp3) is 0.727. The Morgan fingerprint density at radius 1 is 1.35 bits per heavy atom. The molecule has 0 atom stereocenters. The number of hydrogen-bond acceptors (Lipinski definition) is 3. The van der Waals surface area contributed by atoms with Gasteiger partial charge in [0.25, 0.3) is 0 Å². The van der Waals surface area contributed by atoms with Gasteiger partial charge in [-0.2, -0.15) is 0 Å². The van der Waals surface area contributed by atoms with Gasteiger partial charge in [-0.25, -0.2) is 0 Å². The zero-order valence-corrected chi connectivity index (χ0v) is 11.2. The average molecular weight is 257 g/mol. The predicted octanol–water partition coefficient (Wildman–Crippen LogP) is 0.0836. The number of hydrogen-bond donors (Lipinski definition) is 3. The van der Waals surface area contributed by atoms with Gasteiger partial charge in [-0.3, -0.25) is 9.59 Å². The van der Waals surface area contributed by atoms with Crippen molar-refractivity contribution in [3.8, 4) is 0 Å². The van der Waals surface area contributed by atoms with Crippen LogP contribution in [0.2, 0.25) is 0 Å². The molecule has 1 aliphatic carbocycles. The van der Waals surface area contributed by atoms with Gasteiger partial charge < -0.3 is 16.4 Å². The largest absolute Gasteiger partial charge is 0.392 e. The first-order chi connectivity index (χ1) is 7.67. The molecule has 0 aromatic carbocycles. The van der Waals surface area contributed by atoms with Gasteiger partial charge in [0.1, 0.15) is 0 Å². The third-order valence-electron chi connectivity index (χ3n) is 2.58. The number of nitrogens with two attached hydrogens (primary N) is 1. The van der Waals surface area contributed by atoms with Gasteiger partial charge in [0, 0.05) is 5.54 Å². The monoisotopic (exact) mass is 257 g/mol. The van der Waals surface area contributed by atoms with Crippen LogP contribution in [-0.2, 0) is 9.59 Å². The van der Waals surface area contributed by atoms with Crippen LogP contribution in [0.3, 0.4) is 0 Å². The Morgan fingerprint density at radius 2 is 1.88 bits per heavy atom. The van der Waals surface area contributed by atoms with Gasteiger partial charge in [0.15, 0.2) is 0 Å². The first-order valence-electron chi connectivity index (χ1n) is 5.57. The van der Waals surface area contributed by atoms with Crippen LogP contribution in [0.15, 0.2) is 0 Å². The Bertz CT molecular complexity index is 356. The van der Waals surface area contributed by atoms with Gasteiger partial charge in [-0.05, 0) is 33.6 Å². The maximum absolute atomic E-state index is 11.8. The van der Waals surface area contributed by atoms with Crippen molar-refractivity contribution in [3.05, 3.63) is 0 Å². The van der Waals surface area contributed by atoms with Crippen molar-refractivity contribution in [2.45, 2.75) is 39.2 Å². The summed E-state index contributed by atoms with van der Waals surface area (Å²) in [4.78, 5) is 23.5. The van der Waals surface area contributed by atoms with E-state index in [0.717, 1.165) is 0 Å². The summed E-state index contributed by atoms with van der Waals surface area (Å²) in [7, 11) is 0. The number of rotatable bonds is 4. The molecule has 2 amide bonds. The van der Waals surface area contributed by atoms with E-state index in [1.54, 1.807) is 0 Å². The van der Waals surface area contributed by atoms with E-state index in [4.69, 9.17) is 18.0 Å². The van der Waals surface area contributed by atoms with Crippen LogP contribution in [0.4, 0.5) is 0 Å². The predicted molar refractivity (Wildman–Crippen MR) is 69.4 cm³/mol. The van der Waals surface area contributed by atoms with Crippen LogP contribution >= 0.6 is 12.2 Å². The van der Waals surface area contributed by atoms with Crippen molar-refractivity contribution in [2.75, 3.05) is 6.54 Å². The molecule has 0 aromatic heterocycles. The molecule has 0 bridgehead atoms. The second-order valence-corrected chi connectivity index (χ2v) is 5.87. The summed E-state index contributed by atoms with van der Waals surface area (Å²) in [5, 5.41) is 5.33. The maximum atomic E-state index is 11.8. The molecular weight excluding hydrogens is 238 g/mol. The summed E-state index contributed by atoms with van der Waals surface area (Å²) in [5.74, 6) is -0.460. The van der Waals surface area contributed by atoms with Crippen LogP contribution in [-0.4, -0.2) is 28.9 Å². The highest BCUT2D eigenvalue weighted by molar-refractivity contribution is 7.80. The van der Waals surface area contributed by atoms with Crippen molar-refractivity contribution >= 4 is 29.0 Å². The minimum Gasteiger partial charge on any atom is -0.392 e. The highest BCUT2D eigenvalue weighted by atomic mass is 32.1. The molecule has 0 saturated heterocycles. The van der Waals surface area contributed by atoms with Gasteiger partial charge in [-0.1, -0.05) is 12.2 Å². The van der Waals surface area contributed by atoms with Crippen molar-refractivity contribution < 1.29 is 9.59 Å². The first kappa shape index (κ1) is 13.9. The topological polar surface area (TPSA) is 84.2 Å². The van der Waals surface area contributed by atoms with Crippen molar-refractivity contribution in [2.24, 2.45) is 11.1 Å². The zero-order chi connectivity index (χ0) is 13.3. The van der Waals surface area contributed by atoms with Gasteiger partial charge in [0.2, 0.25) is 11.8 Å². The van der Waals surface area contributed by atoms with Gasteiger partial charge >= 0.3 is 0 Å². The number of thiocarbonyl (C=S) groups is 1. The molecule has 0 radical (unpaired) electrons. The fourth-order valence-electron chi connectivity index (χ4n) is 1.50. The minimum atomic E-state index is -0.697. The second kappa shape index (κ2) is 4.60. The number of nitrogens with one attached hydrogen (secondary N) is 2. The SMILES string of the molecule is CC(C)(C)NC(=O)CNC(=O)C1(C(N)=S)CC1. The summed E-state index contributed by atoms with van der Waals surface area (Å²) in [6.45, 7) is 5.60. The molecule has 0 spiro atoms. The summed E-state index contributed by atoms with van der Waals surface area (Å²) < 4.78 is 0. The smallest absolute Gasteiger partial charge is 0.239 e. The van der Waals surface area contributed by atoms with Crippen molar-refractivity contribution in [1.82, 2.24) is 10.6 Å². The van der Waals surface area contributed by atoms with Gasteiger partial charge in [0.05, 0.1) is 16.9 Å². The van der Waals surface area contributed by atoms with Crippen LogP contribution < -0.4 is 16.4 Å². The third kappa shape index (κ3) is 3.66. The van der Waals surface area contributed by atoms with E-state index in [1.165, 1.54) is 0 Å². The summed E-state index contributed by atoms with van der Waals surface area (Å²) >= 11 is 4.85. The molecule has 0 unspecified atom stereocenters. The molecule has 0 aromatic rings. The lowest BCUT2D eigenvalue weighted by Gasteiger charge is -2.21. The quantitative estimate of drug-likeness (QED) is 0.623. The normalized spacial score (nSPS) is 17.1. The van der Waals surface area contributed by atoms with Crippen LogP contribution in [0.25, 0.3) is 0 Å². The zero-order valence-electron chi connectivity index (χ0n) is 10.4. The van der Waals surface area contributed by atoms with E-state index in [0.29, 0.717) is 12.8 Å². The van der Waals surface area contributed by atoms with Gasteiger partial charge in [-0.15, -0.1) is 0 Å². The molecule has 1 rings (SSSR count). The molecular formula is C11H19N3O2S. The summed E-state index contributed by atoms with van der Waals surface area (Å²) in [6.07, 6.45) is 1.35. The summed E-state index contributed by atoms with van der Waals surface area (Å²) in [6, 6.07) is 0. The van der Waals surface area contributed by atoms with E-state index >= 15 is 0 Å². The lowest BCUT2D eigenvalue weighted by atomic mass is 10.1. The van der Waals surface area contributed by atoms with Crippen LogP contribution in [0.1, 0.15) is 33.6 Å². The van der Waals surface area contributed by atoms with Crippen molar-refractivity contribution in [1.29, 1.82) is 0 Å². The summed E-state index contributed by atoms with van der Waals surface area (Å²) in [5.41, 5.74) is 4.51. The molecule has 17 heavy (non-hydrogen) atoms. The standard InChI is InChI=1S/C11H19N3O2S/c1-10(2,3)14-7(15)6-13-9(16)11(4-5-11)8(12)17/h4-6H2,1-3H3,(H2,12,17)(H,13,16)(H,14,15). The molecule has 1 aliphatic rings. The maximum Gasteiger partial charge on any atom is 0.239 e. The van der Waals surface area contributed by atoms with E-state index in [2.05, 4.69) is 10.6 Å². The average Bonchev–Trinajstić information content (AvgIpc) is 2.91. The highest BCUT2D eigenvalue weighted by Crippen LogP contribution is 2.46. The Morgan fingerprint density at radius 3 is 2.24 bits per heavy atom. The second-order valence-electron chi connectivity index (χ2n) is 5.43. The Balaban J connectivity index is 2.40. The van der Waals surface area contributed by atoms with Crippen molar-refractivity contribution in [3.63, 3.8) is 0 Å². The molecule has 6 heteroatoms. The Kier molecular flexibility index (Phi) is 3.76. The molecule has 0 aliphatic heterocycles. The Labute approximate surface area is 107 Å². The number of carbonyl (C=O) groups excluding carboxylic acids is 2. The molecule has 1 saturated carbocycles. The number of amides is 2. The first-order valence-corrected chi connectivity index (χ1v) is 5.97. The lowest BCUT2D eigenvalue weighted by Crippen LogP contribution is -2.48. The van der Waals surface area contributed by atoms with Crippen LogP contribution in [0.5, 0.6) is 0 Å². The molecule has 1 fully saturated rings. The van der Waals surface area contributed by atoms with E-state index in [1.807, 2.05) is 20.8 Å². The van der Waals surface area contributed by atoms with E-state index in [-0.39, 0.29) is 28.9 Å². The number of carbonyl (C=O) groups is 2. The molecule has 96 valence electrons. The fourth-order valence-corrected chi connectivity index (χ4v) is 1.80. The Hall–Kier alpha value is -1.17. The van der Waals surface area contributed by atoms with E-state index < -0.39 is 5.41 Å². The molecule has 4 N–H and O–H groups in total. The van der Waals surface area contributed by atoms with E-state index in [9.17, 15) is 9.59 Å².